The van der Waals surface area contributed by atoms with Crippen LogP contribution in [-0.2, 0) is 17.4 Å². The van der Waals surface area contributed by atoms with E-state index in [2.05, 4.69) is 26.8 Å². The lowest BCUT2D eigenvalue weighted by atomic mass is 10.0. The van der Waals surface area contributed by atoms with E-state index in [0.29, 0.717) is 41.7 Å². The van der Waals surface area contributed by atoms with Crippen LogP contribution < -0.4 is 11.1 Å². The van der Waals surface area contributed by atoms with Crippen molar-refractivity contribution in [3.63, 3.8) is 0 Å². The second-order valence-electron chi connectivity index (χ2n) is 10.2. The van der Waals surface area contributed by atoms with Crippen LogP contribution in [0.4, 0.5) is 19.0 Å². The van der Waals surface area contributed by atoms with Crippen molar-refractivity contribution in [1.82, 2.24) is 29.7 Å². The number of nitrogens with zero attached hydrogens (tertiary/aromatic N) is 5. The third kappa shape index (κ3) is 4.70. The average Bonchev–Trinajstić information content (AvgIpc) is 3.53. The monoisotopic (exact) mass is 547 g/mol. The fourth-order valence-electron chi connectivity index (χ4n) is 5.74. The quantitative estimate of drug-likeness (QED) is 0.347. The summed E-state index contributed by atoms with van der Waals surface area (Å²) in [5, 5.41) is 3.76. The zero-order valence-electron chi connectivity index (χ0n) is 21.7. The second kappa shape index (κ2) is 10.1. The molecule has 6 rings (SSSR count). The van der Waals surface area contributed by atoms with Gasteiger partial charge in [-0.1, -0.05) is 12.6 Å². The first-order chi connectivity index (χ1) is 19.2. The standard InChI is InChI=1S/C29H28F3N7O/c1-2-25(40)38-14-11-18(12-15-38)35-22-8-5-17-16-19(6-7-20(17)22)39-27(21-4-3-13-34-26(21)33)36-23-9-10-24(29(30,31)32)37-28(23)39/h2-4,6-7,9-10,13,16,18,22,35H,1,5,8,11-12,14-15H2,(H2,33,34)/t22-/m0/s1. The lowest BCUT2D eigenvalue weighted by Gasteiger charge is -2.33. The van der Waals surface area contributed by atoms with Crippen molar-refractivity contribution in [3.8, 4) is 17.1 Å². The van der Waals surface area contributed by atoms with Crippen LogP contribution in [0.3, 0.4) is 0 Å². The maximum absolute atomic E-state index is 13.6. The van der Waals surface area contributed by atoms with Crippen molar-refractivity contribution >= 4 is 22.9 Å². The predicted molar refractivity (Wildman–Crippen MR) is 146 cm³/mol. The molecule has 3 N–H and O–H groups in total. The van der Waals surface area contributed by atoms with Gasteiger partial charge in [-0.2, -0.15) is 13.2 Å². The zero-order chi connectivity index (χ0) is 28.0. The SMILES string of the molecule is C=CC(=O)N1CCC(N[C@H]2CCc3cc(-n4c(-c5cccnc5N)nc5ccc(C(F)(F)F)nc54)ccc32)CC1. The van der Waals surface area contributed by atoms with E-state index in [-0.39, 0.29) is 23.4 Å². The summed E-state index contributed by atoms with van der Waals surface area (Å²) in [7, 11) is 0. The van der Waals surface area contributed by atoms with Gasteiger partial charge in [0, 0.05) is 37.1 Å². The van der Waals surface area contributed by atoms with Gasteiger partial charge in [-0.05, 0) is 79.3 Å². The average molecular weight is 548 g/mol. The van der Waals surface area contributed by atoms with Crippen LogP contribution in [0.5, 0.6) is 0 Å². The fourth-order valence-corrected chi connectivity index (χ4v) is 5.74. The maximum atomic E-state index is 13.6. The summed E-state index contributed by atoms with van der Waals surface area (Å²) < 4.78 is 42.4. The van der Waals surface area contributed by atoms with E-state index in [4.69, 9.17) is 5.73 Å². The van der Waals surface area contributed by atoms with E-state index < -0.39 is 11.9 Å². The summed E-state index contributed by atoms with van der Waals surface area (Å²) in [6, 6.07) is 12.1. The number of aryl methyl sites for hydroxylation is 1. The summed E-state index contributed by atoms with van der Waals surface area (Å²) >= 11 is 0. The van der Waals surface area contributed by atoms with Gasteiger partial charge in [-0.15, -0.1) is 0 Å². The molecule has 1 fully saturated rings. The van der Waals surface area contributed by atoms with E-state index in [9.17, 15) is 18.0 Å². The highest BCUT2D eigenvalue weighted by atomic mass is 19.4. The largest absolute Gasteiger partial charge is 0.433 e. The Balaban J connectivity index is 1.35. The van der Waals surface area contributed by atoms with Crippen molar-refractivity contribution in [2.45, 2.75) is 43.9 Å². The van der Waals surface area contributed by atoms with Crippen LogP contribution in [0, 0.1) is 0 Å². The van der Waals surface area contributed by atoms with E-state index in [1.165, 1.54) is 17.7 Å². The number of alkyl halides is 3. The summed E-state index contributed by atoms with van der Waals surface area (Å²) in [6.07, 6.45) is 1.79. The number of imidazole rings is 1. The first kappa shape index (κ1) is 26.0. The molecule has 0 saturated carbocycles. The van der Waals surface area contributed by atoms with E-state index >= 15 is 0 Å². The first-order valence-corrected chi connectivity index (χ1v) is 13.2. The summed E-state index contributed by atoms with van der Waals surface area (Å²) in [5.41, 5.74) is 9.04. The Bertz CT molecular complexity index is 1610. The number of nitrogens with two attached hydrogens (primary N) is 1. The maximum Gasteiger partial charge on any atom is 0.433 e. The van der Waals surface area contributed by atoms with Crippen LogP contribution in [0.1, 0.15) is 42.1 Å². The number of anilines is 1. The molecule has 0 bridgehead atoms. The summed E-state index contributed by atoms with van der Waals surface area (Å²) in [5.74, 6) is 0.565. The van der Waals surface area contributed by atoms with Gasteiger partial charge < -0.3 is 16.0 Å². The number of hydrogen-bond acceptors (Lipinski definition) is 6. The highest BCUT2D eigenvalue weighted by Gasteiger charge is 2.34. The number of aromatic nitrogens is 4. The third-order valence-corrected chi connectivity index (χ3v) is 7.76. The molecule has 1 aliphatic heterocycles. The molecule has 1 aliphatic carbocycles. The molecule has 206 valence electrons. The van der Waals surface area contributed by atoms with Gasteiger partial charge in [-0.25, -0.2) is 15.0 Å². The molecule has 4 heterocycles. The number of amides is 1. The molecule has 4 aromatic rings. The first-order valence-electron chi connectivity index (χ1n) is 13.2. The zero-order valence-corrected chi connectivity index (χ0v) is 21.7. The Hall–Kier alpha value is -4.25. The van der Waals surface area contributed by atoms with Crippen molar-refractivity contribution in [3.05, 3.63) is 78.1 Å². The van der Waals surface area contributed by atoms with Crippen LogP contribution in [-0.4, -0.2) is 49.5 Å². The molecular formula is C29H28F3N7O. The van der Waals surface area contributed by atoms with Crippen molar-refractivity contribution in [2.24, 2.45) is 0 Å². The number of piperidine rings is 1. The minimum Gasteiger partial charge on any atom is -0.383 e. The lowest BCUT2D eigenvalue weighted by molar-refractivity contribution is -0.141. The highest BCUT2D eigenvalue weighted by Crippen LogP contribution is 2.37. The van der Waals surface area contributed by atoms with Crippen molar-refractivity contribution in [1.29, 1.82) is 0 Å². The Kier molecular flexibility index (Phi) is 6.53. The number of halogens is 3. The number of rotatable bonds is 5. The van der Waals surface area contributed by atoms with Crippen LogP contribution in [0.2, 0.25) is 0 Å². The highest BCUT2D eigenvalue weighted by molar-refractivity contribution is 5.87. The summed E-state index contributed by atoms with van der Waals surface area (Å²) in [4.78, 5) is 26.5. The normalized spacial score (nSPS) is 17.8. The van der Waals surface area contributed by atoms with E-state index in [1.54, 1.807) is 22.9 Å². The van der Waals surface area contributed by atoms with Crippen LogP contribution in [0.15, 0.2) is 61.3 Å². The van der Waals surface area contributed by atoms with Gasteiger partial charge in [-0.3, -0.25) is 9.36 Å². The molecule has 40 heavy (non-hydrogen) atoms. The molecule has 1 saturated heterocycles. The van der Waals surface area contributed by atoms with E-state index in [0.717, 1.165) is 37.3 Å². The molecule has 1 atom stereocenters. The predicted octanol–water partition coefficient (Wildman–Crippen LogP) is 4.84. The molecule has 11 heteroatoms. The van der Waals surface area contributed by atoms with Crippen LogP contribution in [0.25, 0.3) is 28.2 Å². The lowest BCUT2D eigenvalue weighted by Crippen LogP contribution is -2.45. The Labute approximate surface area is 228 Å². The molecule has 0 unspecified atom stereocenters. The van der Waals surface area contributed by atoms with Gasteiger partial charge in [0.15, 0.2) is 11.5 Å². The number of hydrogen-bond donors (Lipinski definition) is 2. The fraction of sp³-hybridized carbons (Fsp3) is 0.310. The third-order valence-electron chi connectivity index (χ3n) is 7.76. The van der Waals surface area contributed by atoms with Crippen LogP contribution >= 0.6 is 0 Å². The molecule has 0 radical (unpaired) electrons. The van der Waals surface area contributed by atoms with Crippen molar-refractivity contribution in [2.75, 3.05) is 18.8 Å². The number of benzene rings is 1. The number of likely N-dealkylation sites (tertiary alicyclic amines) is 1. The molecular weight excluding hydrogens is 519 g/mol. The Morgan fingerprint density at radius 2 is 1.90 bits per heavy atom. The van der Waals surface area contributed by atoms with Gasteiger partial charge in [0.25, 0.3) is 0 Å². The van der Waals surface area contributed by atoms with E-state index in [1.807, 2.05) is 23.1 Å². The smallest absolute Gasteiger partial charge is 0.383 e. The van der Waals surface area contributed by atoms with Gasteiger partial charge >= 0.3 is 6.18 Å². The molecule has 0 spiro atoms. The topological polar surface area (TPSA) is 102 Å². The van der Waals surface area contributed by atoms with Gasteiger partial charge in [0.05, 0.1) is 5.56 Å². The van der Waals surface area contributed by atoms with Gasteiger partial charge in [0.2, 0.25) is 5.91 Å². The number of nitrogen functional groups attached to an aromatic ring is 1. The Morgan fingerprint density at radius 1 is 1.10 bits per heavy atom. The molecule has 8 nitrogen and oxygen atoms in total. The number of fused-ring (bicyclic) bond motifs is 2. The number of carbonyl (C=O) groups excluding carboxylic acids is 1. The molecule has 1 amide bonds. The van der Waals surface area contributed by atoms with Gasteiger partial charge in [0.1, 0.15) is 17.0 Å². The molecule has 2 aliphatic rings. The number of nitrogens with one attached hydrogen (secondary N) is 1. The molecule has 1 aromatic carbocycles. The second-order valence-corrected chi connectivity index (χ2v) is 10.2. The van der Waals surface area contributed by atoms with Crippen molar-refractivity contribution < 1.29 is 18.0 Å². The Morgan fingerprint density at radius 3 is 2.62 bits per heavy atom. The summed E-state index contributed by atoms with van der Waals surface area (Å²) in [6.45, 7) is 4.96. The minimum absolute atomic E-state index is 0.0338. The number of carbonyl (C=O) groups is 1. The minimum atomic E-state index is -4.59. The number of pyridine rings is 2. The molecule has 3 aromatic heterocycles.